The maximum absolute atomic E-state index is 12.2. The Balaban J connectivity index is 1.76. The van der Waals surface area contributed by atoms with Gasteiger partial charge in [0.25, 0.3) is 0 Å². The third-order valence-corrected chi connectivity index (χ3v) is 6.86. The Morgan fingerprint density at radius 2 is 1.97 bits per heavy atom. The predicted molar refractivity (Wildman–Crippen MR) is 114 cm³/mol. The van der Waals surface area contributed by atoms with Gasteiger partial charge in [-0.15, -0.1) is 0 Å². The first-order valence-corrected chi connectivity index (χ1v) is 11.7. The van der Waals surface area contributed by atoms with E-state index < -0.39 is 10.0 Å². The number of anilines is 1. The Labute approximate surface area is 172 Å². The van der Waals surface area contributed by atoms with Crippen LogP contribution in [0.2, 0.25) is 0 Å². The number of primary sulfonamides is 1. The maximum atomic E-state index is 12.2. The molecular formula is C22H27N3O3S. The smallest absolute Gasteiger partial charge is 0.238 e. The molecule has 0 unspecified atom stereocenters. The molecule has 1 aliphatic heterocycles. The van der Waals surface area contributed by atoms with Gasteiger partial charge in [-0.25, -0.2) is 13.6 Å². The molecule has 1 amide bonds. The van der Waals surface area contributed by atoms with Crippen LogP contribution < -0.4 is 15.4 Å². The van der Waals surface area contributed by atoms with E-state index >= 15 is 0 Å². The number of sulfonamides is 1. The average Bonchev–Trinajstić information content (AvgIpc) is 3.12. The van der Waals surface area contributed by atoms with E-state index in [9.17, 15) is 13.2 Å². The summed E-state index contributed by atoms with van der Waals surface area (Å²) in [6.45, 7) is 3.73. The summed E-state index contributed by atoms with van der Waals surface area (Å²) in [5.74, 6) is 0.0687. The first kappa shape index (κ1) is 20.1. The highest BCUT2D eigenvalue weighted by Gasteiger charge is 2.25. The number of nitrogens with one attached hydrogen (secondary N) is 1. The molecule has 4 rings (SSSR count). The fourth-order valence-electron chi connectivity index (χ4n) is 4.47. The summed E-state index contributed by atoms with van der Waals surface area (Å²) in [4.78, 5) is 14.0. The van der Waals surface area contributed by atoms with Gasteiger partial charge in [-0.1, -0.05) is 25.1 Å². The van der Waals surface area contributed by atoms with Crippen molar-refractivity contribution in [3.8, 4) is 11.1 Å². The van der Waals surface area contributed by atoms with Crippen molar-refractivity contribution < 1.29 is 13.2 Å². The van der Waals surface area contributed by atoms with Crippen LogP contribution in [0.25, 0.3) is 11.1 Å². The third kappa shape index (κ3) is 4.08. The number of hydrogen-bond acceptors (Lipinski definition) is 4. The van der Waals surface area contributed by atoms with E-state index in [4.69, 9.17) is 5.14 Å². The van der Waals surface area contributed by atoms with Gasteiger partial charge in [0.1, 0.15) is 0 Å². The highest BCUT2D eigenvalue weighted by Crippen LogP contribution is 2.35. The molecule has 1 aliphatic carbocycles. The zero-order valence-corrected chi connectivity index (χ0v) is 17.5. The Hall–Kier alpha value is -2.22. The number of rotatable bonds is 5. The van der Waals surface area contributed by atoms with E-state index in [2.05, 4.69) is 24.4 Å². The highest BCUT2D eigenvalue weighted by molar-refractivity contribution is 7.89. The second-order valence-electron chi connectivity index (χ2n) is 7.86. The van der Waals surface area contributed by atoms with Gasteiger partial charge in [0, 0.05) is 30.3 Å². The lowest BCUT2D eigenvalue weighted by Crippen LogP contribution is -2.34. The minimum atomic E-state index is -3.89. The van der Waals surface area contributed by atoms with E-state index in [0.717, 1.165) is 43.5 Å². The molecule has 6 nitrogen and oxygen atoms in total. The number of nitrogens with zero attached hydrogens (tertiary/aromatic N) is 1. The second-order valence-corrected chi connectivity index (χ2v) is 9.39. The predicted octanol–water partition coefficient (Wildman–Crippen LogP) is 2.59. The largest absolute Gasteiger partial charge is 0.314 e. The minimum absolute atomic E-state index is 0.0687. The van der Waals surface area contributed by atoms with Gasteiger partial charge in [-0.3, -0.25) is 4.79 Å². The van der Waals surface area contributed by atoms with Crippen LogP contribution in [0.15, 0.2) is 41.3 Å². The van der Waals surface area contributed by atoms with Gasteiger partial charge in [0.2, 0.25) is 15.9 Å². The molecule has 1 atom stereocenters. The summed E-state index contributed by atoms with van der Waals surface area (Å²) in [6, 6.07) is 11.6. The van der Waals surface area contributed by atoms with Crippen LogP contribution in [0.5, 0.6) is 0 Å². The molecule has 0 spiro atoms. The molecule has 0 aromatic heterocycles. The third-order valence-electron chi connectivity index (χ3n) is 5.89. The minimum Gasteiger partial charge on any atom is -0.314 e. The van der Waals surface area contributed by atoms with E-state index in [1.807, 2.05) is 6.07 Å². The number of nitrogens with two attached hydrogens (primary N) is 1. The molecule has 2 aliphatic rings. The van der Waals surface area contributed by atoms with Gasteiger partial charge in [0.15, 0.2) is 0 Å². The number of hydrogen-bond donors (Lipinski definition) is 2. The van der Waals surface area contributed by atoms with Gasteiger partial charge in [0.05, 0.1) is 4.90 Å². The summed E-state index contributed by atoms with van der Waals surface area (Å²) in [5, 5.41) is 9.01. The van der Waals surface area contributed by atoms with Crippen LogP contribution >= 0.6 is 0 Å². The van der Waals surface area contributed by atoms with Crippen LogP contribution in [0.4, 0.5) is 5.69 Å². The number of aryl methyl sites for hydroxylation is 1. The Kier molecular flexibility index (Phi) is 5.46. The maximum Gasteiger partial charge on any atom is 0.238 e. The molecule has 154 valence electrons. The van der Waals surface area contributed by atoms with Crippen molar-refractivity contribution in [2.45, 2.75) is 50.0 Å². The van der Waals surface area contributed by atoms with E-state index in [1.54, 1.807) is 17.0 Å². The molecule has 29 heavy (non-hydrogen) atoms. The zero-order chi connectivity index (χ0) is 20.6. The SMILES string of the molecule is CCN[C@H]1CCc2cc(-c3cc(N4CCCC4=O)ccc3S(N)(=O)=O)ccc2C1. The molecule has 2 aromatic carbocycles. The molecule has 1 fully saturated rings. The van der Waals surface area contributed by atoms with Gasteiger partial charge in [-0.05, 0) is 67.1 Å². The molecule has 1 saturated heterocycles. The zero-order valence-electron chi connectivity index (χ0n) is 16.6. The Morgan fingerprint density at radius 1 is 1.14 bits per heavy atom. The number of carbonyl (C=O) groups excluding carboxylic acids is 1. The summed E-state index contributed by atoms with van der Waals surface area (Å²) >= 11 is 0. The van der Waals surface area contributed by atoms with E-state index in [0.29, 0.717) is 24.6 Å². The molecule has 7 heteroatoms. The van der Waals surface area contributed by atoms with Crippen molar-refractivity contribution >= 4 is 21.6 Å². The quantitative estimate of drug-likeness (QED) is 0.788. The topological polar surface area (TPSA) is 92.5 Å². The summed E-state index contributed by atoms with van der Waals surface area (Å²) in [6.07, 6.45) is 4.34. The highest BCUT2D eigenvalue weighted by atomic mass is 32.2. The number of likely N-dealkylation sites (N-methyl/N-ethyl adjacent to an activating group) is 1. The number of amides is 1. The normalized spacial score (nSPS) is 19.4. The van der Waals surface area contributed by atoms with Crippen LogP contribution in [-0.4, -0.2) is 33.5 Å². The van der Waals surface area contributed by atoms with Crippen molar-refractivity contribution in [2.24, 2.45) is 5.14 Å². The first-order valence-electron chi connectivity index (χ1n) is 10.2. The molecule has 0 saturated carbocycles. The Bertz CT molecular complexity index is 1050. The average molecular weight is 414 g/mol. The first-order chi connectivity index (χ1) is 13.9. The van der Waals surface area contributed by atoms with E-state index in [1.165, 1.54) is 17.2 Å². The van der Waals surface area contributed by atoms with Crippen molar-refractivity contribution in [1.29, 1.82) is 0 Å². The molecule has 0 radical (unpaired) electrons. The second kappa shape index (κ2) is 7.89. The van der Waals surface area contributed by atoms with Crippen LogP contribution in [0.1, 0.15) is 37.3 Å². The molecule has 1 heterocycles. The molecule has 3 N–H and O–H groups in total. The lowest BCUT2D eigenvalue weighted by atomic mass is 9.86. The van der Waals surface area contributed by atoms with Crippen molar-refractivity contribution in [1.82, 2.24) is 5.32 Å². The van der Waals surface area contributed by atoms with Gasteiger partial charge in [-0.2, -0.15) is 0 Å². The molecular weight excluding hydrogens is 386 g/mol. The monoisotopic (exact) mass is 413 g/mol. The lowest BCUT2D eigenvalue weighted by Gasteiger charge is -2.26. The van der Waals surface area contributed by atoms with Crippen LogP contribution in [0, 0.1) is 0 Å². The fourth-order valence-corrected chi connectivity index (χ4v) is 5.21. The fraction of sp³-hybridized carbons (Fsp3) is 0.409. The van der Waals surface area contributed by atoms with Crippen molar-refractivity contribution in [2.75, 3.05) is 18.0 Å². The number of fused-ring (bicyclic) bond motifs is 1. The summed E-state index contributed by atoms with van der Waals surface area (Å²) in [7, 11) is -3.89. The molecule has 2 aromatic rings. The number of benzene rings is 2. The van der Waals surface area contributed by atoms with Gasteiger partial charge < -0.3 is 10.2 Å². The number of carbonyl (C=O) groups is 1. The van der Waals surface area contributed by atoms with Crippen molar-refractivity contribution in [3.63, 3.8) is 0 Å². The lowest BCUT2D eigenvalue weighted by molar-refractivity contribution is -0.117. The summed E-state index contributed by atoms with van der Waals surface area (Å²) < 4.78 is 24.4. The van der Waals surface area contributed by atoms with Gasteiger partial charge >= 0.3 is 0 Å². The van der Waals surface area contributed by atoms with Crippen LogP contribution in [0.3, 0.4) is 0 Å². The Morgan fingerprint density at radius 3 is 2.66 bits per heavy atom. The van der Waals surface area contributed by atoms with Crippen LogP contribution in [-0.2, 0) is 27.7 Å². The van der Waals surface area contributed by atoms with Crippen molar-refractivity contribution in [3.05, 3.63) is 47.5 Å². The summed E-state index contributed by atoms with van der Waals surface area (Å²) in [5.41, 5.74) is 4.65. The molecule has 0 bridgehead atoms. The standard InChI is InChI=1S/C22H27N3O3S/c1-2-24-18-8-7-15-12-17(6-5-16(15)13-18)20-14-19(25-11-3-4-22(25)26)9-10-21(20)29(23,27)28/h5-6,9-10,12,14,18,24H,2-4,7-8,11,13H2,1H3,(H2,23,27,28)/t18-/m0/s1. The van der Waals surface area contributed by atoms with E-state index in [-0.39, 0.29) is 10.8 Å².